The molecule has 2 heterocycles. The lowest BCUT2D eigenvalue weighted by Crippen LogP contribution is -2.34. The maximum Gasteiger partial charge on any atom is 0.335 e. The number of aromatic carboxylic acids is 1. The first-order valence-corrected chi connectivity index (χ1v) is 7.12. The molecule has 106 valence electrons. The molecule has 0 radical (unpaired) electrons. The van der Waals surface area contributed by atoms with Gasteiger partial charge in [-0.05, 0) is 44.1 Å². The number of rotatable bonds is 3. The third-order valence-electron chi connectivity index (χ3n) is 4.09. The second kappa shape index (κ2) is 5.25. The van der Waals surface area contributed by atoms with Gasteiger partial charge in [0.25, 0.3) is 0 Å². The molecule has 2 aromatic rings. The Labute approximate surface area is 117 Å². The van der Waals surface area contributed by atoms with Gasteiger partial charge >= 0.3 is 5.97 Å². The lowest BCUT2D eigenvalue weighted by atomic mass is 9.97. The number of imidazole rings is 1. The molecule has 1 fully saturated rings. The number of carboxylic acid groups (broad SMARTS) is 1. The number of aromatic nitrogens is 2. The van der Waals surface area contributed by atoms with Gasteiger partial charge in [-0.1, -0.05) is 6.92 Å². The maximum absolute atomic E-state index is 11.0. The molecule has 1 aliphatic rings. The van der Waals surface area contributed by atoms with E-state index < -0.39 is 5.97 Å². The molecule has 1 aromatic heterocycles. The van der Waals surface area contributed by atoms with E-state index >= 15 is 0 Å². The minimum absolute atomic E-state index is 0.298. The Hall–Kier alpha value is -1.88. The Kier molecular flexibility index (Phi) is 3.44. The highest BCUT2D eigenvalue weighted by Gasteiger charge is 2.23. The molecular weight excluding hydrogens is 254 g/mol. The Morgan fingerprint density at radius 3 is 3.15 bits per heavy atom. The number of piperidine rings is 1. The number of nitrogens with zero attached hydrogens (tertiary/aromatic N) is 2. The zero-order valence-corrected chi connectivity index (χ0v) is 11.6. The number of benzene rings is 1. The molecule has 5 nitrogen and oxygen atoms in total. The highest BCUT2D eigenvalue weighted by molar-refractivity contribution is 5.92. The van der Waals surface area contributed by atoms with Crippen LogP contribution >= 0.6 is 0 Å². The van der Waals surface area contributed by atoms with Crippen molar-refractivity contribution in [1.82, 2.24) is 14.9 Å². The predicted octanol–water partition coefficient (Wildman–Crippen LogP) is 2.46. The minimum Gasteiger partial charge on any atom is -0.478 e. The van der Waals surface area contributed by atoms with Gasteiger partial charge in [-0.3, -0.25) is 0 Å². The summed E-state index contributed by atoms with van der Waals surface area (Å²) in [4.78, 5) is 21.4. The van der Waals surface area contributed by atoms with Gasteiger partial charge in [-0.15, -0.1) is 0 Å². The van der Waals surface area contributed by atoms with Gasteiger partial charge in [-0.25, -0.2) is 9.78 Å². The molecule has 0 aliphatic carbocycles. The molecule has 20 heavy (non-hydrogen) atoms. The average molecular weight is 273 g/mol. The van der Waals surface area contributed by atoms with Crippen molar-refractivity contribution in [3.8, 4) is 0 Å². The quantitative estimate of drug-likeness (QED) is 0.901. The van der Waals surface area contributed by atoms with E-state index in [4.69, 9.17) is 5.11 Å². The number of carboxylic acids is 1. The molecule has 1 saturated heterocycles. The first-order chi connectivity index (χ1) is 9.67. The van der Waals surface area contributed by atoms with Crippen LogP contribution in [0.3, 0.4) is 0 Å². The molecule has 1 aliphatic heterocycles. The van der Waals surface area contributed by atoms with E-state index in [1.807, 2.05) is 0 Å². The standard InChI is InChI=1S/C15H19N3O2/c1-2-18-7-3-4-11(9-18)14-16-12-6-5-10(15(19)20)8-13(12)17-14/h5-6,8,11H,2-4,7,9H2,1H3,(H,16,17)(H,19,20)/t11-/m0/s1. The predicted molar refractivity (Wildman–Crippen MR) is 77.1 cm³/mol. The first-order valence-electron chi connectivity index (χ1n) is 7.12. The van der Waals surface area contributed by atoms with E-state index in [1.165, 1.54) is 6.42 Å². The van der Waals surface area contributed by atoms with Crippen LogP contribution in [-0.2, 0) is 0 Å². The molecule has 3 rings (SSSR count). The van der Waals surface area contributed by atoms with E-state index in [2.05, 4.69) is 21.8 Å². The summed E-state index contributed by atoms with van der Waals surface area (Å²) >= 11 is 0. The van der Waals surface area contributed by atoms with Crippen molar-refractivity contribution in [2.75, 3.05) is 19.6 Å². The molecule has 0 saturated carbocycles. The summed E-state index contributed by atoms with van der Waals surface area (Å²) in [5.74, 6) is 0.503. The van der Waals surface area contributed by atoms with E-state index in [1.54, 1.807) is 18.2 Å². The van der Waals surface area contributed by atoms with Gasteiger partial charge < -0.3 is 15.0 Å². The lowest BCUT2D eigenvalue weighted by molar-refractivity contribution is 0.0697. The maximum atomic E-state index is 11.0. The van der Waals surface area contributed by atoms with Crippen molar-refractivity contribution in [3.05, 3.63) is 29.6 Å². The molecule has 0 bridgehead atoms. The Morgan fingerprint density at radius 2 is 2.40 bits per heavy atom. The van der Waals surface area contributed by atoms with Gasteiger partial charge in [0.05, 0.1) is 16.6 Å². The molecule has 0 amide bonds. The highest BCUT2D eigenvalue weighted by atomic mass is 16.4. The Morgan fingerprint density at radius 1 is 1.55 bits per heavy atom. The number of hydrogen-bond acceptors (Lipinski definition) is 3. The summed E-state index contributed by atoms with van der Waals surface area (Å²) in [5.41, 5.74) is 1.96. The third-order valence-corrected chi connectivity index (χ3v) is 4.09. The number of likely N-dealkylation sites (N-methyl/N-ethyl adjacent to an activating group) is 1. The largest absolute Gasteiger partial charge is 0.478 e. The number of likely N-dealkylation sites (tertiary alicyclic amines) is 1. The third kappa shape index (κ3) is 2.41. The molecule has 0 spiro atoms. The topological polar surface area (TPSA) is 69.2 Å². The van der Waals surface area contributed by atoms with Crippen LogP contribution in [0.2, 0.25) is 0 Å². The number of aromatic amines is 1. The van der Waals surface area contributed by atoms with Crippen LogP contribution in [-0.4, -0.2) is 45.6 Å². The van der Waals surface area contributed by atoms with Crippen LogP contribution in [0.1, 0.15) is 41.9 Å². The van der Waals surface area contributed by atoms with Crippen molar-refractivity contribution >= 4 is 17.0 Å². The number of carbonyl (C=O) groups is 1. The lowest BCUT2D eigenvalue weighted by Gasteiger charge is -2.30. The zero-order chi connectivity index (χ0) is 14.1. The van der Waals surface area contributed by atoms with Gasteiger partial charge in [0.1, 0.15) is 5.82 Å². The van der Waals surface area contributed by atoms with Crippen molar-refractivity contribution < 1.29 is 9.90 Å². The Bertz CT molecular complexity index is 635. The molecule has 1 atom stereocenters. The van der Waals surface area contributed by atoms with Crippen LogP contribution in [0.4, 0.5) is 0 Å². The number of nitrogens with one attached hydrogen (secondary N) is 1. The first kappa shape index (κ1) is 13.1. The Balaban J connectivity index is 1.90. The van der Waals surface area contributed by atoms with E-state index in [0.29, 0.717) is 11.5 Å². The molecule has 5 heteroatoms. The summed E-state index contributed by atoms with van der Waals surface area (Å²) in [7, 11) is 0. The van der Waals surface area contributed by atoms with Crippen molar-refractivity contribution in [2.24, 2.45) is 0 Å². The van der Waals surface area contributed by atoms with Crippen LogP contribution in [0.25, 0.3) is 11.0 Å². The van der Waals surface area contributed by atoms with Gasteiger partial charge in [0.15, 0.2) is 0 Å². The number of fused-ring (bicyclic) bond motifs is 1. The van der Waals surface area contributed by atoms with Crippen LogP contribution in [0.5, 0.6) is 0 Å². The molecular formula is C15H19N3O2. The number of hydrogen-bond donors (Lipinski definition) is 2. The summed E-state index contributed by atoms with van der Waals surface area (Å²) in [6.45, 7) is 5.44. The fourth-order valence-electron chi connectivity index (χ4n) is 2.92. The summed E-state index contributed by atoms with van der Waals surface area (Å²) in [6, 6.07) is 5.04. The zero-order valence-electron chi connectivity index (χ0n) is 11.6. The van der Waals surface area contributed by atoms with Gasteiger partial charge in [-0.2, -0.15) is 0 Å². The SMILES string of the molecule is CCN1CCC[C@H](c2nc3ccc(C(=O)O)cc3[nH]2)C1. The molecule has 1 aromatic carbocycles. The summed E-state index contributed by atoms with van der Waals surface area (Å²) < 4.78 is 0. The van der Waals surface area contributed by atoms with E-state index in [9.17, 15) is 4.79 Å². The second-order valence-corrected chi connectivity index (χ2v) is 5.39. The monoisotopic (exact) mass is 273 g/mol. The van der Waals surface area contributed by atoms with E-state index in [0.717, 1.165) is 42.9 Å². The normalized spacial score (nSPS) is 20.4. The average Bonchev–Trinajstić information content (AvgIpc) is 2.90. The van der Waals surface area contributed by atoms with Crippen LogP contribution < -0.4 is 0 Å². The van der Waals surface area contributed by atoms with Crippen molar-refractivity contribution in [1.29, 1.82) is 0 Å². The number of H-pyrrole nitrogens is 1. The van der Waals surface area contributed by atoms with E-state index in [-0.39, 0.29) is 0 Å². The van der Waals surface area contributed by atoms with Crippen molar-refractivity contribution in [3.63, 3.8) is 0 Å². The van der Waals surface area contributed by atoms with Crippen molar-refractivity contribution in [2.45, 2.75) is 25.7 Å². The van der Waals surface area contributed by atoms with Gasteiger partial charge in [0, 0.05) is 12.5 Å². The smallest absolute Gasteiger partial charge is 0.335 e. The fraction of sp³-hybridized carbons (Fsp3) is 0.467. The van der Waals surface area contributed by atoms with Gasteiger partial charge in [0.2, 0.25) is 0 Å². The molecule has 2 N–H and O–H groups in total. The second-order valence-electron chi connectivity index (χ2n) is 5.39. The summed E-state index contributed by atoms with van der Waals surface area (Å²) in [6.07, 6.45) is 2.33. The molecule has 0 unspecified atom stereocenters. The van der Waals surface area contributed by atoms with Crippen LogP contribution in [0.15, 0.2) is 18.2 Å². The fourth-order valence-corrected chi connectivity index (χ4v) is 2.92. The van der Waals surface area contributed by atoms with Crippen LogP contribution in [0, 0.1) is 0 Å². The minimum atomic E-state index is -0.905. The summed E-state index contributed by atoms with van der Waals surface area (Å²) in [5, 5.41) is 9.03. The highest BCUT2D eigenvalue weighted by Crippen LogP contribution is 2.26.